The lowest BCUT2D eigenvalue weighted by molar-refractivity contribution is -0.144. The number of likely N-dealkylation sites (N-methyl/N-ethyl adjacent to an activating group) is 1. The van der Waals surface area contributed by atoms with Gasteiger partial charge in [-0.2, -0.15) is 8.78 Å². The number of primary amides is 1. The normalized spacial score (nSPS) is 20.0. The number of hydrogen-bond donors (Lipinski definition) is 8. The van der Waals surface area contributed by atoms with Gasteiger partial charge < -0.3 is 51.5 Å². The van der Waals surface area contributed by atoms with Crippen molar-refractivity contribution in [2.45, 2.75) is 138 Å². The van der Waals surface area contributed by atoms with Gasteiger partial charge in [0.25, 0.3) is 11.8 Å². The predicted molar refractivity (Wildman–Crippen MR) is 297 cm³/mol. The van der Waals surface area contributed by atoms with Crippen LogP contribution in [0.25, 0.3) is 10.1 Å². The van der Waals surface area contributed by atoms with Crippen LogP contribution in [-0.4, -0.2) is 141 Å². The Hall–Kier alpha value is -7.49. The summed E-state index contributed by atoms with van der Waals surface area (Å²) in [5, 5.41) is 13.4. The maximum absolute atomic E-state index is 14.5. The van der Waals surface area contributed by atoms with Crippen LogP contribution in [0.3, 0.4) is 0 Å². The van der Waals surface area contributed by atoms with Gasteiger partial charge in [-0.3, -0.25) is 53.0 Å². The predicted octanol–water partition coefficient (Wildman–Crippen LogP) is 3.81. The summed E-state index contributed by atoms with van der Waals surface area (Å²) in [6, 6.07) is 8.70. The van der Waals surface area contributed by atoms with E-state index in [0.29, 0.717) is 53.6 Å². The maximum Gasteiger partial charge on any atom is 0.399 e. The Morgan fingerprint density at radius 1 is 0.904 bits per heavy atom. The number of imide groups is 1. The molecule has 442 valence electrons. The minimum absolute atomic E-state index is 0.0148. The molecule has 0 bridgehead atoms. The number of unbranched alkanes of at least 4 members (excludes halogenated alkanes) is 5. The number of rotatable bonds is 22. The molecule has 9 amide bonds. The molecule has 83 heavy (non-hydrogen) atoms. The van der Waals surface area contributed by atoms with Crippen molar-refractivity contribution >= 4 is 82.2 Å². The molecule has 3 saturated heterocycles. The first-order valence-corrected chi connectivity index (χ1v) is 29.9. The molecule has 8 rings (SSSR count). The number of amides is 9. The van der Waals surface area contributed by atoms with Crippen LogP contribution in [0.2, 0.25) is 0 Å². The average molecular weight is 1190 g/mol. The summed E-state index contributed by atoms with van der Waals surface area (Å²) in [5.74, 6) is 0.498. The van der Waals surface area contributed by atoms with E-state index in [-0.39, 0.29) is 80.2 Å². The van der Waals surface area contributed by atoms with Crippen LogP contribution >= 0.6 is 18.9 Å². The largest absolute Gasteiger partial charge is 0.399 e. The van der Waals surface area contributed by atoms with Gasteiger partial charge in [0.15, 0.2) is 0 Å². The first kappa shape index (κ1) is 61.6. The SMILES string of the molecule is CN1CC[C@H]2CC[C@@H](C(=O)NC(CCC(N)=O)C(=O)NC(Cc3ccc(F)cc3)C(=O)NCCCCCCCC#Cc3cccc4c3CN(C3CCC(=O)NC3=O)C4=O)N2C(=O)[C@@H](NC(=O)c2cc3cc(C(F)(F)P(=O)(O)O)ccc3s2)C1. The van der Waals surface area contributed by atoms with Crippen LogP contribution in [-0.2, 0) is 56.8 Å². The highest BCUT2D eigenvalue weighted by Crippen LogP contribution is 2.59. The summed E-state index contributed by atoms with van der Waals surface area (Å²) >= 11 is 0.907. The summed E-state index contributed by atoms with van der Waals surface area (Å²) in [5.41, 5.74) is 2.53. The minimum atomic E-state index is -5.87. The number of halogens is 3. The van der Waals surface area contributed by atoms with Gasteiger partial charge in [0.2, 0.25) is 41.4 Å². The number of thiophene rings is 1. The van der Waals surface area contributed by atoms with E-state index in [1.807, 2.05) is 11.0 Å². The summed E-state index contributed by atoms with van der Waals surface area (Å²) < 4.78 is 54.9. The van der Waals surface area contributed by atoms with Crippen molar-refractivity contribution in [1.29, 1.82) is 0 Å². The van der Waals surface area contributed by atoms with E-state index in [1.54, 1.807) is 19.2 Å². The lowest BCUT2D eigenvalue weighted by Gasteiger charge is -2.38. The van der Waals surface area contributed by atoms with Crippen molar-refractivity contribution in [1.82, 2.24) is 41.3 Å². The molecular weight excluding hydrogens is 1120 g/mol. The van der Waals surface area contributed by atoms with Crippen LogP contribution < -0.4 is 32.3 Å². The minimum Gasteiger partial charge on any atom is -0.370 e. The molecule has 4 aliphatic rings. The number of nitrogens with zero attached hydrogens (tertiary/aromatic N) is 3. The molecule has 0 spiro atoms. The lowest BCUT2D eigenvalue weighted by Crippen LogP contribution is -2.61. The average Bonchev–Trinajstić information content (AvgIpc) is 3.23. The van der Waals surface area contributed by atoms with Crippen LogP contribution in [0, 0.1) is 17.7 Å². The number of piperidine rings is 1. The zero-order valence-corrected chi connectivity index (χ0v) is 47.1. The Morgan fingerprint density at radius 2 is 1.65 bits per heavy atom. The highest BCUT2D eigenvalue weighted by molar-refractivity contribution is 7.52. The molecule has 1 aromatic heterocycles. The topological polar surface area (TPSA) is 307 Å². The number of nitrogens with two attached hydrogens (primary N) is 1. The van der Waals surface area contributed by atoms with Gasteiger partial charge in [-0.25, -0.2) is 4.39 Å². The number of hydrogen-bond acceptors (Lipinski definition) is 12. The molecule has 0 aliphatic carbocycles. The number of carbonyl (C=O) groups is 9. The number of benzene rings is 3. The van der Waals surface area contributed by atoms with E-state index in [0.717, 1.165) is 54.7 Å². The van der Waals surface area contributed by atoms with E-state index < -0.39 is 102 Å². The summed E-state index contributed by atoms with van der Waals surface area (Å²) in [7, 11) is -4.12. The van der Waals surface area contributed by atoms with E-state index in [1.165, 1.54) is 46.2 Å². The summed E-state index contributed by atoms with van der Waals surface area (Å²) in [6.07, 6.45) is 5.18. The molecule has 3 fully saturated rings. The van der Waals surface area contributed by atoms with E-state index in [4.69, 9.17) is 5.73 Å². The number of carbonyl (C=O) groups excluding carboxylic acids is 9. The Morgan fingerprint density at radius 3 is 2.39 bits per heavy atom. The van der Waals surface area contributed by atoms with Crippen LogP contribution in [0.4, 0.5) is 13.2 Å². The van der Waals surface area contributed by atoms with Crippen molar-refractivity contribution < 1.29 is 70.7 Å². The molecule has 5 heterocycles. The third-order valence-electron chi connectivity index (χ3n) is 15.3. The van der Waals surface area contributed by atoms with Gasteiger partial charge in [-0.05, 0) is 118 Å². The number of fused-ring (bicyclic) bond motifs is 3. The van der Waals surface area contributed by atoms with E-state index in [9.17, 15) is 70.7 Å². The Labute approximate surface area is 480 Å². The number of nitrogens with one attached hydrogen (secondary N) is 5. The second kappa shape index (κ2) is 26.8. The standard InChI is InChI=1S/C57H65F3N9O12PS/c1-67-27-25-38-18-20-45(69(38)56(78)43(32-67)65-54(76)47-30-35-29-36(15-22-46(35)83-47)57(59,60)82(79,80)81)53(75)63-41(19-23-48(61)70)51(73)64-42(28-33-13-16-37(58)17-14-33)50(72)62-26-8-6-4-2-3-5-7-10-34-11-9-12-39-40(34)31-68(55(39)77)44-21-24-49(71)66-52(44)74/h9,11-17,22,29-30,38,41-45H,2-6,8,18-21,23-28,31-32H2,1H3,(H2,61,70)(H,62,72)(H,63,75)(H,64,73)(H,65,76)(H,66,71,74)(H2,79,80,81)/t38-,41?,42?,43+,44?,45+/m1/s1. The highest BCUT2D eigenvalue weighted by atomic mass is 32.1. The third kappa shape index (κ3) is 15.0. The van der Waals surface area contributed by atoms with Gasteiger partial charge in [0.05, 0.1) is 4.88 Å². The summed E-state index contributed by atoms with van der Waals surface area (Å²) in [4.78, 5) is 143. The van der Waals surface area contributed by atoms with Crippen LogP contribution in [0.5, 0.6) is 0 Å². The molecule has 21 nitrogen and oxygen atoms in total. The molecule has 26 heteroatoms. The zero-order chi connectivity index (χ0) is 59.8. The lowest BCUT2D eigenvalue weighted by atomic mass is 10.0. The molecule has 3 aromatic carbocycles. The Kier molecular flexibility index (Phi) is 19.9. The third-order valence-corrected chi connectivity index (χ3v) is 17.4. The fourth-order valence-corrected chi connectivity index (χ4v) is 12.3. The summed E-state index contributed by atoms with van der Waals surface area (Å²) in [6.45, 7) is 0.964. The molecular formula is C57H65F3N9O12PS. The quantitative estimate of drug-likeness (QED) is 0.0241. The molecule has 9 N–H and O–H groups in total. The van der Waals surface area contributed by atoms with Crippen molar-refractivity contribution in [3.8, 4) is 11.8 Å². The second-order valence-electron chi connectivity index (χ2n) is 21.3. The first-order valence-electron chi connectivity index (χ1n) is 27.4. The Balaban J connectivity index is 0.854. The fourth-order valence-electron chi connectivity index (χ4n) is 10.9. The first-order chi connectivity index (χ1) is 39.5. The van der Waals surface area contributed by atoms with Crippen molar-refractivity contribution in [2.75, 3.05) is 26.7 Å². The smallest absolute Gasteiger partial charge is 0.370 e. The number of alkyl halides is 2. The maximum atomic E-state index is 14.5. The van der Waals surface area contributed by atoms with Crippen LogP contribution in [0.15, 0.2) is 66.7 Å². The molecule has 6 atom stereocenters. The van der Waals surface area contributed by atoms with Crippen molar-refractivity contribution in [3.05, 3.63) is 105 Å². The molecule has 4 aromatic rings. The van der Waals surface area contributed by atoms with Gasteiger partial charge in [0, 0.05) is 72.7 Å². The Bertz CT molecular complexity index is 3290. The molecule has 0 radical (unpaired) electrons. The van der Waals surface area contributed by atoms with Gasteiger partial charge in [-0.15, -0.1) is 11.3 Å². The monoisotopic (exact) mass is 1190 g/mol. The van der Waals surface area contributed by atoms with Gasteiger partial charge >= 0.3 is 13.3 Å². The van der Waals surface area contributed by atoms with Crippen LogP contribution in [0.1, 0.15) is 126 Å². The van der Waals surface area contributed by atoms with Crippen molar-refractivity contribution in [2.24, 2.45) is 5.73 Å². The highest BCUT2D eigenvalue weighted by Gasteiger charge is 2.51. The van der Waals surface area contributed by atoms with Gasteiger partial charge in [-0.1, -0.05) is 55.4 Å². The van der Waals surface area contributed by atoms with Crippen molar-refractivity contribution in [3.63, 3.8) is 0 Å². The van der Waals surface area contributed by atoms with E-state index in [2.05, 4.69) is 38.4 Å². The molecule has 3 unspecified atom stereocenters. The molecule has 0 saturated carbocycles. The molecule has 4 aliphatic heterocycles. The van der Waals surface area contributed by atoms with Gasteiger partial charge in [0.1, 0.15) is 36.0 Å². The zero-order valence-electron chi connectivity index (χ0n) is 45.4. The second-order valence-corrected chi connectivity index (χ2v) is 24.1. The fraction of sp³-hybridized carbons (Fsp3) is 0.456. The van der Waals surface area contributed by atoms with E-state index >= 15 is 0 Å².